The van der Waals surface area contributed by atoms with E-state index in [9.17, 15) is 22.4 Å². The highest BCUT2D eigenvalue weighted by molar-refractivity contribution is 6.01. The quantitative estimate of drug-likeness (QED) is 0.568. The van der Waals surface area contributed by atoms with Gasteiger partial charge in [0.05, 0.1) is 11.1 Å². The summed E-state index contributed by atoms with van der Waals surface area (Å²) in [5, 5.41) is 5.89. The number of rotatable bonds is 4. The summed E-state index contributed by atoms with van der Waals surface area (Å²) in [7, 11) is 0. The predicted molar refractivity (Wildman–Crippen MR) is 102 cm³/mol. The molecule has 0 spiro atoms. The number of amides is 1. The van der Waals surface area contributed by atoms with Crippen molar-refractivity contribution in [1.82, 2.24) is 10.6 Å². The molecule has 0 aromatic heterocycles. The molecule has 0 radical (unpaired) electrons. The van der Waals surface area contributed by atoms with Crippen molar-refractivity contribution < 1.29 is 22.4 Å². The van der Waals surface area contributed by atoms with E-state index in [4.69, 9.17) is 0 Å². The Kier molecular flexibility index (Phi) is 7.21. The Hall–Kier alpha value is -2.38. The number of nitrogens with one attached hydrogen (secondary N) is 2. The van der Waals surface area contributed by atoms with E-state index in [1.54, 1.807) is 0 Å². The summed E-state index contributed by atoms with van der Waals surface area (Å²) in [6.45, 7) is 1.86. The Morgan fingerprint density at radius 3 is 2.61 bits per heavy atom. The van der Waals surface area contributed by atoms with Crippen LogP contribution in [-0.4, -0.2) is 25.5 Å². The maximum Gasteiger partial charge on any atom is 0.416 e. The summed E-state index contributed by atoms with van der Waals surface area (Å²) < 4.78 is 52.7. The molecule has 0 bridgehead atoms. The van der Waals surface area contributed by atoms with Crippen LogP contribution in [0.15, 0.2) is 54.1 Å². The average molecular weight is 415 g/mol. The number of hydrogen-bond acceptors (Lipinski definition) is 2. The van der Waals surface area contributed by atoms with Gasteiger partial charge in [0.25, 0.3) is 5.91 Å². The molecular formula is C20H19ClF4N2O. The van der Waals surface area contributed by atoms with Gasteiger partial charge in [-0.05, 0) is 48.4 Å². The molecule has 3 rings (SSSR count). The highest BCUT2D eigenvalue weighted by Crippen LogP contribution is 2.33. The summed E-state index contributed by atoms with van der Waals surface area (Å²) >= 11 is 0. The Morgan fingerprint density at radius 2 is 1.93 bits per heavy atom. The van der Waals surface area contributed by atoms with Gasteiger partial charge in [-0.15, -0.1) is 12.4 Å². The number of hydrogen-bond donors (Lipinski definition) is 2. The predicted octanol–water partition coefficient (Wildman–Crippen LogP) is 4.58. The van der Waals surface area contributed by atoms with Crippen LogP contribution in [0.1, 0.15) is 22.3 Å². The minimum Gasteiger partial charge on any atom is -0.348 e. The lowest BCUT2D eigenvalue weighted by atomic mass is 9.97. The van der Waals surface area contributed by atoms with Crippen LogP contribution in [0.25, 0.3) is 11.1 Å². The second kappa shape index (κ2) is 9.21. The van der Waals surface area contributed by atoms with Crippen molar-refractivity contribution in [3.05, 3.63) is 71.1 Å². The minimum absolute atomic E-state index is 0. The molecule has 0 atom stereocenters. The molecule has 2 aromatic carbocycles. The molecule has 1 aliphatic heterocycles. The second-order valence-electron chi connectivity index (χ2n) is 6.27. The van der Waals surface area contributed by atoms with Crippen molar-refractivity contribution in [2.45, 2.75) is 12.6 Å². The first-order valence-electron chi connectivity index (χ1n) is 8.48. The van der Waals surface area contributed by atoms with E-state index in [2.05, 4.69) is 10.6 Å². The zero-order chi connectivity index (χ0) is 19.4. The summed E-state index contributed by atoms with van der Waals surface area (Å²) in [6.07, 6.45) is -1.73. The SMILES string of the molecule is Cl.O=C(NCC1=CCNCC1)c1cc(F)ccc1-c1cccc(C(F)(F)F)c1. The van der Waals surface area contributed by atoms with Gasteiger partial charge in [0.15, 0.2) is 0 Å². The number of carbonyl (C=O) groups is 1. The lowest BCUT2D eigenvalue weighted by Crippen LogP contribution is -2.30. The first kappa shape index (κ1) is 21.9. The molecule has 1 aliphatic rings. The second-order valence-corrected chi connectivity index (χ2v) is 6.27. The summed E-state index contributed by atoms with van der Waals surface area (Å²) in [6, 6.07) is 8.14. The molecular weight excluding hydrogens is 396 g/mol. The zero-order valence-electron chi connectivity index (χ0n) is 14.8. The van der Waals surface area contributed by atoms with Gasteiger partial charge in [-0.2, -0.15) is 13.2 Å². The van der Waals surface area contributed by atoms with Crippen LogP contribution < -0.4 is 10.6 Å². The third-order valence-electron chi connectivity index (χ3n) is 4.36. The van der Waals surface area contributed by atoms with E-state index in [1.165, 1.54) is 18.2 Å². The molecule has 0 unspecified atom stereocenters. The molecule has 0 saturated heterocycles. The molecule has 0 saturated carbocycles. The minimum atomic E-state index is -4.50. The maximum atomic E-state index is 13.7. The van der Waals surface area contributed by atoms with Crippen molar-refractivity contribution in [3.63, 3.8) is 0 Å². The van der Waals surface area contributed by atoms with Crippen molar-refractivity contribution in [1.29, 1.82) is 0 Å². The van der Waals surface area contributed by atoms with E-state index in [0.29, 0.717) is 6.54 Å². The Morgan fingerprint density at radius 1 is 1.14 bits per heavy atom. The third kappa shape index (κ3) is 5.33. The fourth-order valence-electron chi connectivity index (χ4n) is 2.94. The van der Waals surface area contributed by atoms with E-state index in [-0.39, 0.29) is 29.1 Å². The van der Waals surface area contributed by atoms with Crippen LogP contribution in [-0.2, 0) is 6.18 Å². The number of halogens is 5. The molecule has 0 fully saturated rings. The van der Waals surface area contributed by atoms with Gasteiger partial charge in [-0.1, -0.05) is 29.8 Å². The standard InChI is InChI=1S/C20H18F4N2O.ClH/c21-16-4-5-17(14-2-1-3-15(10-14)20(22,23)24)18(11-16)19(27)26-12-13-6-8-25-9-7-13;/h1-6,10-11,25H,7-9,12H2,(H,26,27);1H. The first-order chi connectivity index (χ1) is 12.8. The molecule has 28 heavy (non-hydrogen) atoms. The van der Waals surface area contributed by atoms with Gasteiger partial charge in [0, 0.05) is 13.1 Å². The van der Waals surface area contributed by atoms with E-state index in [1.807, 2.05) is 6.08 Å². The summed E-state index contributed by atoms with van der Waals surface area (Å²) in [4.78, 5) is 12.6. The molecule has 2 N–H and O–H groups in total. The van der Waals surface area contributed by atoms with Gasteiger partial charge >= 0.3 is 6.18 Å². The highest BCUT2D eigenvalue weighted by Gasteiger charge is 2.30. The van der Waals surface area contributed by atoms with Crippen LogP contribution in [0.2, 0.25) is 0 Å². The number of carbonyl (C=O) groups excluding carboxylic acids is 1. The van der Waals surface area contributed by atoms with E-state index < -0.39 is 23.5 Å². The first-order valence-corrected chi connectivity index (χ1v) is 8.48. The monoisotopic (exact) mass is 414 g/mol. The lowest BCUT2D eigenvalue weighted by molar-refractivity contribution is -0.137. The number of benzene rings is 2. The van der Waals surface area contributed by atoms with Crippen LogP contribution in [0.4, 0.5) is 17.6 Å². The van der Waals surface area contributed by atoms with Gasteiger partial charge in [-0.3, -0.25) is 4.79 Å². The van der Waals surface area contributed by atoms with E-state index >= 15 is 0 Å². The normalized spacial score (nSPS) is 14.1. The van der Waals surface area contributed by atoms with Crippen LogP contribution in [0.3, 0.4) is 0 Å². The Labute approximate surface area is 166 Å². The molecule has 150 valence electrons. The molecule has 2 aromatic rings. The Balaban J connectivity index is 0.00000280. The molecule has 8 heteroatoms. The van der Waals surface area contributed by atoms with Crippen molar-refractivity contribution in [2.75, 3.05) is 19.6 Å². The average Bonchev–Trinajstić information content (AvgIpc) is 2.66. The van der Waals surface area contributed by atoms with Gasteiger partial charge in [-0.25, -0.2) is 4.39 Å². The van der Waals surface area contributed by atoms with Crippen LogP contribution in [0.5, 0.6) is 0 Å². The van der Waals surface area contributed by atoms with Crippen molar-refractivity contribution in [3.8, 4) is 11.1 Å². The van der Waals surface area contributed by atoms with E-state index in [0.717, 1.165) is 49.3 Å². The van der Waals surface area contributed by atoms with Crippen molar-refractivity contribution in [2.24, 2.45) is 0 Å². The summed E-state index contributed by atoms with van der Waals surface area (Å²) in [5.41, 5.74) is 0.689. The van der Waals surface area contributed by atoms with Gasteiger partial charge < -0.3 is 10.6 Å². The highest BCUT2D eigenvalue weighted by atomic mass is 35.5. The largest absolute Gasteiger partial charge is 0.416 e. The fourth-order valence-corrected chi connectivity index (χ4v) is 2.94. The molecule has 0 aliphatic carbocycles. The summed E-state index contributed by atoms with van der Waals surface area (Å²) in [5.74, 6) is -1.15. The van der Waals surface area contributed by atoms with Gasteiger partial charge in [0.1, 0.15) is 5.82 Å². The fraction of sp³-hybridized carbons (Fsp3) is 0.250. The molecule has 3 nitrogen and oxygen atoms in total. The van der Waals surface area contributed by atoms with Crippen molar-refractivity contribution >= 4 is 18.3 Å². The zero-order valence-corrected chi connectivity index (χ0v) is 15.6. The smallest absolute Gasteiger partial charge is 0.348 e. The van der Waals surface area contributed by atoms with Gasteiger partial charge in [0.2, 0.25) is 0 Å². The third-order valence-corrected chi connectivity index (χ3v) is 4.36. The molecule has 1 heterocycles. The van der Waals surface area contributed by atoms with Crippen LogP contribution >= 0.6 is 12.4 Å². The lowest BCUT2D eigenvalue weighted by Gasteiger charge is -2.16. The molecule has 1 amide bonds. The Bertz CT molecular complexity index is 881. The van der Waals surface area contributed by atoms with Crippen LogP contribution in [0, 0.1) is 5.82 Å². The topological polar surface area (TPSA) is 41.1 Å². The number of alkyl halides is 3. The maximum absolute atomic E-state index is 13.7.